The largest absolute Gasteiger partial charge is 0.573 e. The zero-order valence-corrected chi connectivity index (χ0v) is 14.9. The topological polar surface area (TPSA) is 97.6 Å². The predicted molar refractivity (Wildman–Crippen MR) is 88.2 cm³/mol. The molecule has 27 heavy (non-hydrogen) atoms. The molecule has 1 aromatic carbocycles. The van der Waals surface area contributed by atoms with Gasteiger partial charge < -0.3 is 14.5 Å². The molecule has 0 aliphatic carbocycles. The quantitative estimate of drug-likeness (QED) is 0.703. The van der Waals surface area contributed by atoms with Gasteiger partial charge in [-0.05, 0) is 43.3 Å². The third-order valence-electron chi connectivity index (χ3n) is 3.36. The maximum absolute atomic E-state index is 12.1. The van der Waals surface area contributed by atoms with Gasteiger partial charge in [0.05, 0.1) is 17.2 Å². The average Bonchev–Trinajstić information content (AvgIpc) is 3.08. The summed E-state index contributed by atoms with van der Waals surface area (Å²) in [5.74, 6) is -0.367. The summed E-state index contributed by atoms with van der Waals surface area (Å²) in [7, 11) is -3.97. The maximum Gasteiger partial charge on any atom is 0.573 e. The summed E-state index contributed by atoms with van der Waals surface area (Å²) in [4.78, 5) is 11.6. The minimum absolute atomic E-state index is 0.125. The molecule has 1 unspecified atom stereocenters. The fourth-order valence-electron chi connectivity index (χ4n) is 2.13. The number of hydrogen-bond acceptors (Lipinski definition) is 5. The molecule has 0 saturated carbocycles. The lowest BCUT2D eigenvalue weighted by atomic mass is 10.2. The number of halogens is 3. The van der Waals surface area contributed by atoms with E-state index in [4.69, 9.17) is 4.42 Å². The van der Waals surface area contributed by atoms with Crippen molar-refractivity contribution >= 4 is 15.9 Å². The molecule has 0 radical (unpaired) electrons. The number of sulfonamides is 1. The number of hydrogen-bond donors (Lipinski definition) is 2. The Morgan fingerprint density at radius 1 is 1.22 bits per heavy atom. The highest BCUT2D eigenvalue weighted by Crippen LogP contribution is 2.23. The van der Waals surface area contributed by atoms with Crippen molar-refractivity contribution in [3.05, 3.63) is 48.4 Å². The van der Waals surface area contributed by atoms with E-state index in [0.29, 0.717) is 5.76 Å². The van der Waals surface area contributed by atoms with Crippen molar-refractivity contribution in [3.8, 4) is 5.75 Å². The lowest BCUT2D eigenvalue weighted by molar-refractivity contribution is -0.274. The molecule has 0 saturated heterocycles. The first-order valence-electron chi connectivity index (χ1n) is 7.75. The normalized spacial score (nSPS) is 13.2. The fourth-order valence-corrected chi connectivity index (χ4v) is 3.16. The highest BCUT2D eigenvalue weighted by molar-refractivity contribution is 7.89. The average molecular weight is 406 g/mol. The zero-order chi connectivity index (χ0) is 20.1. The van der Waals surface area contributed by atoms with Crippen LogP contribution in [0.3, 0.4) is 0 Å². The summed E-state index contributed by atoms with van der Waals surface area (Å²) >= 11 is 0. The Morgan fingerprint density at radius 3 is 2.44 bits per heavy atom. The zero-order valence-electron chi connectivity index (χ0n) is 14.1. The molecule has 2 rings (SSSR count). The number of carbonyl (C=O) groups excluding carboxylic acids is 1. The van der Waals surface area contributed by atoms with Gasteiger partial charge in [0.1, 0.15) is 11.5 Å². The third kappa shape index (κ3) is 6.61. The molecule has 148 valence electrons. The molecule has 11 heteroatoms. The van der Waals surface area contributed by atoms with Gasteiger partial charge in [-0.3, -0.25) is 4.79 Å². The van der Waals surface area contributed by atoms with Gasteiger partial charge in [0.2, 0.25) is 15.9 Å². The van der Waals surface area contributed by atoms with Crippen molar-refractivity contribution in [2.45, 2.75) is 30.6 Å². The summed E-state index contributed by atoms with van der Waals surface area (Å²) in [6.45, 7) is 1.53. The maximum atomic E-state index is 12.1. The van der Waals surface area contributed by atoms with E-state index < -0.39 is 28.0 Å². The van der Waals surface area contributed by atoms with Crippen LogP contribution in [-0.2, 0) is 14.8 Å². The highest BCUT2D eigenvalue weighted by atomic mass is 32.2. The van der Waals surface area contributed by atoms with Crippen molar-refractivity contribution in [3.63, 3.8) is 0 Å². The molecule has 1 atom stereocenters. The van der Waals surface area contributed by atoms with Gasteiger partial charge in [0.15, 0.2) is 0 Å². The molecule has 1 amide bonds. The van der Waals surface area contributed by atoms with Crippen molar-refractivity contribution in [1.82, 2.24) is 10.0 Å². The first-order valence-corrected chi connectivity index (χ1v) is 9.23. The Bertz CT molecular complexity index is 849. The van der Waals surface area contributed by atoms with Crippen LogP contribution in [-0.4, -0.2) is 27.2 Å². The van der Waals surface area contributed by atoms with E-state index in [9.17, 15) is 26.4 Å². The second-order valence-electron chi connectivity index (χ2n) is 5.47. The number of rotatable bonds is 8. The Balaban J connectivity index is 1.84. The van der Waals surface area contributed by atoms with Crippen LogP contribution in [0.1, 0.15) is 25.1 Å². The summed E-state index contributed by atoms with van der Waals surface area (Å²) in [5.41, 5.74) is 0. The van der Waals surface area contributed by atoms with Gasteiger partial charge in [-0.15, -0.1) is 13.2 Å². The van der Waals surface area contributed by atoms with Crippen LogP contribution >= 0.6 is 0 Å². The molecule has 2 aromatic rings. The Hall–Kier alpha value is -2.53. The van der Waals surface area contributed by atoms with E-state index in [1.807, 2.05) is 0 Å². The number of ether oxygens (including phenoxy) is 1. The molecule has 0 spiro atoms. The van der Waals surface area contributed by atoms with Gasteiger partial charge >= 0.3 is 6.36 Å². The van der Waals surface area contributed by atoms with Crippen molar-refractivity contribution < 1.29 is 35.5 Å². The van der Waals surface area contributed by atoms with E-state index in [-0.39, 0.29) is 23.9 Å². The Morgan fingerprint density at radius 2 is 1.89 bits per heavy atom. The van der Waals surface area contributed by atoms with Gasteiger partial charge in [0.25, 0.3) is 0 Å². The number of amides is 1. The van der Waals surface area contributed by atoms with Crippen LogP contribution in [0.15, 0.2) is 52.0 Å². The second kappa shape index (κ2) is 8.44. The predicted octanol–water partition coefficient (Wildman–Crippen LogP) is 2.72. The standard InChI is InChI=1S/C16H17F3N2O5S/c1-11(14-3-2-10-25-14)21-15(22)8-9-20-27(23,24)13-6-4-12(5-7-13)26-16(17,18)19/h2-7,10-11,20H,8-9H2,1H3,(H,21,22). The number of carbonyl (C=O) groups is 1. The molecule has 1 heterocycles. The van der Waals surface area contributed by atoms with Crippen LogP contribution in [0.5, 0.6) is 5.75 Å². The van der Waals surface area contributed by atoms with Gasteiger partial charge in [-0.1, -0.05) is 0 Å². The fraction of sp³-hybridized carbons (Fsp3) is 0.312. The lowest BCUT2D eigenvalue weighted by Gasteiger charge is -2.12. The first kappa shape index (κ1) is 20.8. The van der Waals surface area contributed by atoms with E-state index >= 15 is 0 Å². The van der Waals surface area contributed by atoms with Crippen molar-refractivity contribution in [2.24, 2.45) is 0 Å². The van der Waals surface area contributed by atoms with Gasteiger partial charge in [-0.2, -0.15) is 0 Å². The van der Waals surface area contributed by atoms with Crippen LogP contribution < -0.4 is 14.8 Å². The van der Waals surface area contributed by atoms with Gasteiger partial charge in [0, 0.05) is 13.0 Å². The summed E-state index contributed by atoms with van der Waals surface area (Å²) in [6, 6.07) is 6.73. The van der Waals surface area contributed by atoms with E-state index in [0.717, 1.165) is 24.3 Å². The molecular weight excluding hydrogens is 389 g/mol. The first-order chi connectivity index (χ1) is 12.6. The van der Waals surface area contributed by atoms with Crippen LogP contribution in [0.4, 0.5) is 13.2 Å². The minimum Gasteiger partial charge on any atom is -0.467 e. The second-order valence-corrected chi connectivity index (χ2v) is 7.24. The van der Waals surface area contributed by atoms with E-state index in [1.54, 1.807) is 19.1 Å². The van der Waals surface area contributed by atoms with E-state index in [2.05, 4.69) is 14.8 Å². The SMILES string of the molecule is CC(NC(=O)CCNS(=O)(=O)c1ccc(OC(F)(F)F)cc1)c1ccco1. The van der Waals surface area contributed by atoms with Crippen LogP contribution in [0, 0.1) is 0 Å². The lowest BCUT2D eigenvalue weighted by Crippen LogP contribution is -2.32. The van der Waals surface area contributed by atoms with Gasteiger partial charge in [-0.25, -0.2) is 13.1 Å². The summed E-state index contributed by atoms with van der Waals surface area (Å²) in [6.07, 6.45) is -3.52. The minimum atomic E-state index is -4.86. The van der Waals surface area contributed by atoms with Crippen LogP contribution in [0.25, 0.3) is 0 Å². The number of alkyl halides is 3. The molecule has 0 aliphatic heterocycles. The van der Waals surface area contributed by atoms with Crippen molar-refractivity contribution in [2.75, 3.05) is 6.54 Å². The Labute approximate surface area is 153 Å². The number of nitrogens with one attached hydrogen (secondary N) is 2. The molecule has 0 aliphatic rings. The molecule has 2 N–H and O–H groups in total. The van der Waals surface area contributed by atoms with E-state index in [1.165, 1.54) is 6.26 Å². The third-order valence-corrected chi connectivity index (χ3v) is 4.84. The molecule has 0 bridgehead atoms. The molecule has 0 fully saturated rings. The smallest absolute Gasteiger partial charge is 0.467 e. The van der Waals surface area contributed by atoms with Crippen LogP contribution in [0.2, 0.25) is 0 Å². The number of benzene rings is 1. The molecule has 1 aromatic heterocycles. The summed E-state index contributed by atoms with van der Waals surface area (Å²) in [5, 5.41) is 2.65. The highest BCUT2D eigenvalue weighted by Gasteiger charge is 2.31. The van der Waals surface area contributed by atoms with Crippen molar-refractivity contribution in [1.29, 1.82) is 0 Å². The summed E-state index contributed by atoms with van der Waals surface area (Å²) < 4.78 is 71.5. The molecular formula is C16H17F3N2O5S. The Kier molecular flexibility index (Phi) is 6.50. The monoisotopic (exact) mass is 406 g/mol. The molecule has 7 nitrogen and oxygen atoms in total. The number of furan rings is 1.